The smallest absolute Gasteiger partial charge is 0.338 e. The van der Waals surface area contributed by atoms with E-state index >= 15 is 0 Å². The summed E-state index contributed by atoms with van der Waals surface area (Å²) < 4.78 is 22.0. The van der Waals surface area contributed by atoms with E-state index in [9.17, 15) is 38.4 Å². The normalized spacial score (nSPS) is 21.0. The van der Waals surface area contributed by atoms with Gasteiger partial charge < -0.3 is 57.9 Å². The fourth-order valence-electron chi connectivity index (χ4n) is 15.9. The van der Waals surface area contributed by atoms with Crippen LogP contribution in [0.25, 0.3) is 0 Å². The molecule has 4 amide bonds. The lowest BCUT2D eigenvalue weighted by Crippen LogP contribution is -2.30. The van der Waals surface area contributed by atoms with Gasteiger partial charge >= 0.3 is 23.9 Å². The monoisotopic (exact) mass is 1760 g/mol. The average molecular weight is 1770 g/mol. The van der Waals surface area contributed by atoms with Gasteiger partial charge in [-0.05, 0) is 264 Å². The highest BCUT2D eigenvalue weighted by molar-refractivity contribution is 6.33. The van der Waals surface area contributed by atoms with Crippen LogP contribution in [-0.2, 0) is 83.2 Å². The van der Waals surface area contributed by atoms with Gasteiger partial charge in [0.2, 0.25) is 0 Å². The molecule has 8 aliphatic rings. The van der Waals surface area contributed by atoms with Crippen LogP contribution in [-0.4, -0.2) is 195 Å². The van der Waals surface area contributed by atoms with Crippen LogP contribution in [0.15, 0.2) is 154 Å². The summed E-state index contributed by atoms with van der Waals surface area (Å²) in [4.78, 5) is 129. The SMILES string of the molecule is Cc1cc(C)c2c(c1)CC(=N/OCC(=O)N1CCCC1)/C=C/CC/C=C/CCOC2=O.Cc1cc(C)c2c(c1)CC(=N\OCC(=O)N1CCCC1)/C=C/CC/C=C/CCOC2=O.Cc1cc(C)c2c(c1Cl)CC(=N/OCC(=O)N1CCCC1)/C=C/CC/C=C/CCOC2=O.Cc1cc(C)c2c(c1Cl)CC(=N\OCC(=O)N1CCCC1)/C=C/CC/C=C/CCOC2=O. The quantitative estimate of drug-likeness (QED) is 0.0552. The van der Waals surface area contributed by atoms with Crippen LogP contribution in [0.4, 0.5) is 0 Å². The summed E-state index contributed by atoms with van der Waals surface area (Å²) in [5.74, 6) is -1.60. The van der Waals surface area contributed by atoms with Gasteiger partial charge in [0.25, 0.3) is 23.6 Å². The predicted octanol–water partition coefficient (Wildman–Crippen LogP) is 18.5. The van der Waals surface area contributed by atoms with E-state index in [4.69, 9.17) is 61.5 Å². The lowest BCUT2D eigenvalue weighted by Gasteiger charge is -2.16. The van der Waals surface area contributed by atoms with E-state index in [-0.39, 0.29) is 62.0 Å². The van der Waals surface area contributed by atoms with Crippen molar-refractivity contribution >= 4 is 93.6 Å². The number of carbonyl (C=O) groups excluding carboxylic acids is 8. The number of ether oxygens (including phenoxy) is 4. The lowest BCUT2D eigenvalue weighted by atomic mass is 9.94. The molecule has 0 spiro atoms. The molecule has 676 valence electrons. The molecule has 0 saturated carbocycles. The topological polar surface area (TPSA) is 273 Å². The van der Waals surface area contributed by atoms with Crippen molar-refractivity contribution in [2.45, 2.75) is 209 Å². The molecule has 0 aliphatic carbocycles. The Hall–Kier alpha value is -11.0. The molecule has 4 aromatic rings. The van der Waals surface area contributed by atoms with Gasteiger partial charge in [0.1, 0.15) is 0 Å². The number of carbonyl (C=O) groups is 8. The number of oxime groups is 4. The molecule has 4 fully saturated rings. The molecule has 26 heteroatoms. The molecule has 0 aromatic heterocycles. The standard InChI is InChI=1S/2C25H31ClN2O4.2C25H32N2O4/c2*1-18-15-19(2)24(26)21-16-20(27-32-17-22(29)28-12-8-9-13-28)11-7-5-3-4-6-10-14-31-25(30)23(18)21;2*1-19-15-20(2)24-21(16-19)17-22(26-31-18-23(28)27-12-8-9-13-27)11-7-5-3-4-6-10-14-30-25(24)29/h2*4,6-7,11,15H,3,5,8-10,12-14,16-17H2,1-2H3;2*4,6-7,11,15-16H,3,5,8-10,12-14,17-18H2,1-2H3/b6-4+,11-7+,27-20+;6-4+,11-7+,27-20-;6-4+,11-7+,26-22+;6-4+,11-7+,26-22-. The Balaban J connectivity index is 0.000000190. The minimum atomic E-state index is -0.390. The van der Waals surface area contributed by atoms with Crippen LogP contribution in [0.2, 0.25) is 10.0 Å². The number of allylic oxidation sites excluding steroid dienone is 12. The van der Waals surface area contributed by atoms with Crippen LogP contribution in [0.5, 0.6) is 0 Å². The van der Waals surface area contributed by atoms with Crippen molar-refractivity contribution in [2.75, 3.05) is 105 Å². The van der Waals surface area contributed by atoms with E-state index in [1.807, 2.05) is 162 Å². The van der Waals surface area contributed by atoms with Crippen molar-refractivity contribution in [3.63, 3.8) is 0 Å². The van der Waals surface area contributed by atoms with Crippen molar-refractivity contribution < 1.29 is 76.7 Å². The molecule has 8 heterocycles. The third-order valence-electron chi connectivity index (χ3n) is 22.2. The molecule has 12 rings (SSSR count). The fourth-order valence-corrected chi connectivity index (χ4v) is 16.3. The molecule has 24 nitrogen and oxygen atoms in total. The molecule has 8 aliphatic heterocycles. The number of hydrogen-bond donors (Lipinski definition) is 0. The van der Waals surface area contributed by atoms with Crippen LogP contribution < -0.4 is 0 Å². The van der Waals surface area contributed by atoms with E-state index in [0.717, 1.165) is 211 Å². The van der Waals surface area contributed by atoms with Crippen molar-refractivity contribution in [2.24, 2.45) is 20.6 Å². The molecule has 4 aromatic carbocycles. The Kier molecular flexibility index (Phi) is 41.9. The molecule has 0 unspecified atom stereocenters. The molecule has 0 bridgehead atoms. The number of hydrogen-bond acceptors (Lipinski definition) is 20. The zero-order chi connectivity index (χ0) is 90.0. The zero-order valence-electron chi connectivity index (χ0n) is 74.9. The molecular weight excluding hydrogens is 1640 g/mol. The second-order valence-corrected chi connectivity index (χ2v) is 33.3. The van der Waals surface area contributed by atoms with E-state index in [0.29, 0.717) is 144 Å². The lowest BCUT2D eigenvalue weighted by molar-refractivity contribution is -0.135. The minimum absolute atomic E-state index is 0.0347. The summed E-state index contributed by atoms with van der Waals surface area (Å²) in [5, 5.41) is 18.0. The van der Waals surface area contributed by atoms with Crippen molar-refractivity contribution in [1.29, 1.82) is 0 Å². The van der Waals surface area contributed by atoms with E-state index in [2.05, 4.69) is 57.1 Å². The summed E-state index contributed by atoms with van der Waals surface area (Å²) >= 11 is 13.3. The van der Waals surface area contributed by atoms with Gasteiger partial charge in [0, 0.05) is 88.1 Å². The first-order chi connectivity index (χ1) is 61.0. The average Bonchev–Trinajstić information content (AvgIpc) is 0.922. The number of likely N-dealkylation sites (tertiary alicyclic amines) is 4. The van der Waals surface area contributed by atoms with Gasteiger partial charge in [-0.2, -0.15) is 0 Å². The molecule has 4 saturated heterocycles. The largest absolute Gasteiger partial charge is 0.462 e. The molecular formula is C100H126Cl2N8O16. The van der Waals surface area contributed by atoms with Gasteiger partial charge in [-0.25, -0.2) is 19.2 Å². The highest BCUT2D eigenvalue weighted by Crippen LogP contribution is 2.33. The number of nitrogens with zero attached hydrogens (tertiary/aromatic N) is 8. The number of esters is 4. The minimum Gasteiger partial charge on any atom is -0.462 e. The fraction of sp³-hybridized carbons (Fsp3) is 0.480. The summed E-state index contributed by atoms with van der Waals surface area (Å²) in [6.45, 7) is 22.7. The summed E-state index contributed by atoms with van der Waals surface area (Å²) in [6, 6.07) is 11.7. The summed E-state index contributed by atoms with van der Waals surface area (Å²) in [7, 11) is 0. The molecule has 0 N–H and O–H groups in total. The van der Waals surface area contributed by atoms with Crippen molar-refractivity contribution in [3.05, 3.63) is 233 Å². The predicted molar refractivity (Wildman–Crippen MR) is 495 cm³/mol. The van der Waals surface area contributed by atoms with Gasteiger partial charge in [0.05, 0.1) is 71.5 Å². The Morgan fingerprint density at radius 1 is 0.302 bits per heavy atom. The Labute approximate surface area is 753 Å². The number of amides is 4. The summed E-state index contributed by atoms with van der Waals surface area (Å²) in [5.41, 5.74) is 15.0. The van der Waals surface area contributed by atoms with Crippen molar-refractivity contribution in [1.82, 2.24) is 19.6 Å². The zero-order valence-corrected chi connectivity index (χ0v) is 76.4. The van der Waals surface area contributed by atoms with Crippen LogP contribution in [0.3, 0.4) is 0 Å². The number of cyclic esters (lactones) is 4. The third-order valence-corrected chi connectivity index (χ3v) is 23.2. The van der Waals surface area contributed by atoms with Gasteiger partial charge in [-0.1, -0.05) is 164 Å². The first kappa shape index (κ1) is 98.8. The second kappa shape index (κ2) is 53.5. The number of aryl methyl sites for hydroxylation is 8. The van der Waals surface area contributed by atoms with E-state index in [1.54, 1.807) is 9.80 Å². The number of halogens is 2. The highest BCUT2D eigenvalue weighted by atomic mass is 35.5. The highest BCUT2D eigenvalue weighted by Gasteiger charge is 2.28. The maximum Gasteiger partial charge on any atom is 0.338 e. The number of rotatable bonds is 12. The van der Waals surface area contributed by atoms with E-state index < -0.39 is 11.9 Å². The maximum absolute atomic E-state index is 12.9. The Morgan fingerprint density at radius 2 is 0.532 bits per heavy atom. The molecule has 0 atom stereocenters. The number of fused-ring (bicyclic) bond motifs is 4. The van der Waals surface area contributed by atoms with Crippen LogP contribution in [0, 0.1) is 55.4 Å². The van der Waals surface area contributed by atoms with E-state index in [1.165, 1.54) is 0 Å². The third kappa shape index (κ3) is 32.5. The van der Waals surface area contributed by atoms with Crippen molar-refractivity contribution in [3.8, 4) is 0 Å². The first-order valence-electron chi connectivity index (χ1n) is 44.6. The van der Waals surface area contributed by atoms with Gasteiger partial charge in [0.15, 0.2) is 26.4 Å². The van der Waals surface area contributed by atoms with Gasteiger partial charge in [-0.3, -0.25) is 19.2 Å². The first-order valence-corrected chi connectivity index (χ1v) is 45.4. The van der Waals surface area contributed by atoms with Crippen LogP contribution in [0.1, 0.15) is 237 Å². The summed E-state index contributed by atoms with van der Waals surface area (Å²) in [6.07, 6.45) is 51.7. The second-order valence-electron chi connectivity index (χ2n) is 32.6. The number of benzene rings is 4. The Morgan fingerprint density at radius 3 is 0.802 bits per heavy atom. The van der Waals surface area contributed by atoms with Crippen LogP contribution >= 0.6 is 23.2 Å². The molecule has 0 radical (unpaired) electrons. The Bertz CT molecular complexity index is 4510. The maximum atomic E-state index is 12.9. The van der Waals surface area contributed by atoms with Gasteiger partial charge in [-0.15, -0.1) is 0 Å². The molecule has 126 heavy (non-hydrogen) atoms.